The molecule has 1 atom stereocenters. The van der Waals surface area contributed by atoms with Gasteiger partial charge in [0.05, 0.1) is 13.2 Å². The lowest BCUT2D eigenvalue weighted by atomic mass is 10.2. The van der Waals surface area contributed by atoms with Crippen LogP contribution in [0.25, 0.3) is 0 Å². The highest BCUT2D eigenvalue weighted by Crippen LogP contribution is 2.28. The van der Waals surface area contributed by atoms with Gasteiger partial charge in [0.2, 0.25) is 0 Å². The van der Waals surface area contributed by atoms with E-state index in [1.54, 1.807) is 14.2 Å². The van der Waals surface area contributed by atoms with Crippen LogP contribution in [-0.2, 0) is 11.3 Å². The molecule has 29 heavy (non-hydrogen) atoms. The highest BCUT2D eigenvalue weighted by atomic mass is 127. The Morgan fingerprint density at radius 1 is 1.24 bits per heavy atom. The molecule has 7 nitrogen and oxygen atoms in total. The molecule has 1 aliphatic rings. The van der Waals surface area contributed by atoms with Crippen LogP contribution >= 0.6 is 24.0 Å². The standard InChI is InChI=1S/C21H36N4O3.HI/c1-5-25(6-2)11-13-28-19-10-9-17(14-20(19)26-4)15-23-21(22-3)24-16-18-8-7-12-27-18;/h9-10,14,18H,5-8,11-13,15-16H2,1-4H3,(H2,22,23,24);1H. The molecule has 1 fully saturated rings. The zero-order valence-electron chi connectivity index (χ0n) is 18.2. The van der Waals surface area contributed by atoms with Gasteiger partial charge in [0.15, 0.2) is 17.5 Å². The van der Waals surface area contributed by atoms with Crippen LogP contribution in [0.4, 0.5) is 0 Å². The smallest absolute Gasteiger partial charge is 0.191 e. The van der Waals surface area contributed by atoms with Gasteiger partial charge < -0.3 is 29.7 Å². The second-order valence-electron chi connectivity index (χ2n) is 6.80. The maximum Gasteiger partial charge on any atom is 0.191 e. The van der Waals surface area contributed by atoms with Crippen LogP contribution in [0, 0.1) is 0 Å². The Morgan fingerprint density at radius 3 is 2.66 bits per heavy atom. The van der Waals surface area contributed by atoms with Crippen LogP contribution in [0.15, 0.2) is 23.2 Å². The van der Waals surface area contributed by atoms with E-state index in [9.17, 15) is 0 Å². The Bertz CT molecular complexity index is 606. The molecule has 0 spiro atoms. The third-order valence-electron chi connectivity index (χ3n) is 4.99. The second-order valence-corrected chi connectivity index (χ2v) is 6.80. The van der Waals surface area contributed by atoms with Crippen molar-refractivity contribution in [1.29, 1.82) is 0 Å². The molecule has 166 valence electrons. The van der Waals surface area contributed by atoms with Crippen LogP contribution in [-0.4, -0.2) is 70.5 Å². The Kier molecular flexibility index (Phi) is 13.0. The summed E-state index contributed by atoms with van der Waals surface area (Å²) in [6, 6.07) is 6.03. The first-order chi connectivity index (χ1) is 13.7. The Hall–Kier alpha value is -1.26. The molecule has 0 aromatic heterocycles. The van der Waals surface area contributed by atoms with Crippen molar-refractivity contribution in [2.75, 3.05) is 53.6 Å². The minimum absolute atomic E-state index is 0. The number of nitrogens with one attached hydrogen (secondary N) is 2. The van der Waals surface area contributed by atoms with E-state index in [1.165, 1.54) is 0 Å². The summed E-state index contributed by atoms with van der Waals surface area (Å²) in [7, 11) is 3.45. The summed E-state index contributed by atoms with van der Waals surface area (Å²) < 4.78 is 17.1. The first kappa shape index (κ1) is 25.8. The topological polar surface area (TPSA) is 67.4 Å². The summed E-state index contributed by atoms with van der Waals surface area (Å²) in [5.74, 6) is 2.30. The van der Waals surface area contributed by atoms with Crippen molar-refractivity contribution in [3.63, 3.8) is 0 Å². The normalized spacial score (nSPS) is 16.4. The summed E-state index contributed by atoms with van der Waals surface area (Å²) in [6.07, 6.45) is 2.53. The van der Waals surface area contributed by atoms with E-state index in [0.717, 1.165) is 68.6 Å². The van der Waals surface area contributed by atoms with E-state index < -0.39 is 0 Å². The van der Waals surface area contributed by atoms with Gasteiger partial charge in [-0.3, -0.25) is 4.99 Å². The lowest BCUT2D eigenvalue weighted by Gasteiger charge is -2.19. The molecule has 2 N–H and O–H groups in total. The van der Waals surface area contributed by atoms with Gasteiger partial charge >= 0.3 is 0 Å². The first-order valence-corrected chi connectivity index (χ1v) is 10.3. The van der Waals surface area contributed by atoms with Crippen LogP contribution in [0.1, 0.15) is 32.3 Å². The van der Waals surface area contributed by atoms with Crippen LogP contribution in [0.5, 0.6) is 11.5 Å². The third kappa shape index (κ3) is 8.96. The number of hydrogen-bond acceptors (Lipinski definition) is 5. The lowest BCUT2D eigenvalue weighted by molar-refractivity contribution is 0.114. The van der Waals surface area contributed by atoms with Gasteiger partial charge in [-0.2, -0.15) is 0 Å². The quantitative estimate of drug-likeness (QED) is 0.266. The monoisotopic (exact) mass is 520 g/mol. The van der Waals surface area contributed by atoms with E-state index >= 15 is 0 Å². The van der Waals surface area contributed by atoms with Gasteiger partial charge in [-0.05, 0) is 43.6 Å². The summed E-state index contributed by atoms with van der Waals surface area (Å²) in [5, 5.41) is 6.66. The number of halogens is 1. The number of aliphatic imine (C=N–C) groups is 1. The van der Waals surface area contributed by atoms with Gasteiger partial charge in [0, 0.05) is 33.3 Å². The van der Waals surface area contributed by atoms with Crippen molar-refractivity contribution in [3.05, 3.63) is 23.8 Å². The van der Waals surface area contributed by atoms with Gasteiger partial charge in [0.1, 0.15) is 6.61 Å². The third-order valence-corrected chi connectivity index (χ3v) is 4.99. The molecule has 0 amide bonds. The lowest BCUT2D eigenvalue weighted by Crippen LogP contribution is -2.40. The van der Waals surface area contributed by atoms with E-state index in [4.69, 9.17) is 14.2 Å². The molecule has 0 radical (unpaired) electrons. The van der Waals surface area contributed by atoms with Crippen molar-refractivity contribution in [1.82, 2.24) is 15.5 Å². The van der Waals surface area contributed by atoms with Crippen molar-refractivity contribution in [3.8, 4) is 11.5 Å². The molecule has 1 aromatic carbocycles. The van der Waals surface area contributed by atoms with Crippen molar-refractivity contribution in [2.45, 2.75) is 39.3 Å². The molecule has 1 unspecified atom stereocenters. The Morgan fingerprint density at radius 2 is 2.03 bits per heavy atom. The molecular formula is C21H37IN4O3. The molecular weight excluding hydrogens is 483 g/mol. The highest BCUT2D eigenvalue weighted by Gasteiger charge is 2.15. The second kappa shape index (κ2) is 14.7. The molecule has 1 saturated heterocycles. The van der Waals surface area contributed by atoms with Crippen molar-refractivity contribution < 1.29 is 14.2 Å². The SMILES string of the molecule is CCN(CC)CCOc1ccc(CNC(=NC)NCC2CCCO2)cc1OC.I. The van der Waals surface area contributed by atoms with Crippen molar-refractivity contribution >= 4 is 29.9 Å². The average molecular weight is 520 g/mol. The zero-order valence-corrected chi connectivity index (χ0v) is 20.5. The van der Waals surface area contributed by atoms with Gasteiger partial charge in [-0.25, -0.2) is 0 Å². The summed E-state index contributed by atoms with van der Waals surface area (Å²) in [6.45, 7) is 10.2. The minimum Gasteiger partial charge on any atom is -0.493 e. The summed E-state index contributed by atoms with van der Waals surface area (Å²) in [4.78, 5) is 6.61. The number of ether oxygens (including phenoxy) is 3. The van der Waals surface area contributed by atoms with Crippen LogP contribution in [0.2, 0.25) is 0 Å². The Balaban J connectivity index is 0.00000420. The molecule has 0 aliphatic carbocycles. The number of hydrogen-bond donors (Lipinski definition) is 2. The van der Waals surface area contributed by atoms with E-state index in [2.05, 4.69) is 40.4 Å². The number of likely N-dealkylation sites (N-methyl/N-ethyl adjacent to an activating group) is 1. The average Bonchev–Trinajstić information content (AvgIpc) is 3.25. The number of rotatable bonds is 11. The number of methoxy groups -OCH3 is 1. The Labute approximate surface area is 192 Å². The summed E-state index contributed by atoms with van der Waals surface area (Å²) in [5.41, 5.74) is 1.10. The number of nitrogens with zero attached hydrogens (tertiary/aromatic N) is 2. The number of guanidine groups is 1. The minimum atomic E-state index is 0. The van der Waals surface area contributed by atoms with Gasteiger partial charge in [0.25, 0.3) is 0 Å². The van der Waals surface area contributed by atoms with Gasteiger partial charge in [-0.1, -0.05) is 19.9 Å². The predicted octanol–water partition coefficient (Wildman–Crippen LogP) is 2.88. The number of benzene rings is 1. The van der Waals surface area contributed by atoms with E-state index in [1.807, 2.05) is 12.1 Å². The first-order valence-electron chi connectivity index (χ1n) is 10.3. The summed E-state index contributed by atoms with van der Waals surface area (Å²) >= 11 is 0. The molecule has 1 heterocycles. The predicted molar refractivity (Wildman–Crippen MR) is 129 cm³/mol. The molecule has 2 rings (SSSR count). The van der Waals surface area contributed by atoms with Crippen LogP contribution in [0.3, 0.4) is 0 Å². The van der Waals surface area contributed by atoms with Crippen LogP contribution < -0.4 is 20.1 Å². The fourth-order valence-electron chi connectivity index (χ4n) is 3.19. The fraction of sp³-hybridized carbons (Fsp3) is 0.667. The highest BCUT2D eigenvalue weighted by molar-refractivity contribution is 14.0. The molecule has 0 saturated carbocycles. The fourth-order valence-corrected chi connectivity index (χ4v) is 3.19. The van der Waals surface area contributed by atoms with Crippen molar-refractivity contribution in [2.24, 2.45) is 4.99 Å². The molecule has 0 bridgehead atoms. The molecule has 1 aliphatic heterocycles. The van der Waals surface area contributed by atoms with E-state index in [-0.39, 0.29) is 30.1 Å². The van der Waals surface area contributed by atoms with Gasteiger partial charge in [-0.15, -0.1) is 24.0 Å². The van der Waals surface area contributed by atoms with E-state index in [0.29, 0.717) is 13.2 Å². The largest absolute Gasteiger partial charge is 0.493 e. The zero-order chi connectivity index (χ0) is 20.2. The maximum atomic E-state index is 5.92. The molecule has 1 aromatic rings. The maximum absolute atomic E-state index is 5.92. The molecule has 8 heteroatoms.